The van der Waals surface area contributed by atoms with Crippen molar-refractivity contribution in [3.8, 4) is 5.75 Å². The first-order chi connectivity index (χ1) is 9.88. The highest BCUT2D eigenvalue weighted by molar-refractivity contribution is 7.80. The fraction of sp³-hybridized carbons (Fsp3) is 0.643. The number of aromatic nitrogens is 2. The molecule has 1 aliphatic heterocycles. The van der Waals surface area contributed by atoms with Gasteiger partial charge in [0.05, 0.1) is 19.8 Å². The fourth-order valence-electron chi connectivity index (χ4n) is 2.28. The summed E-state index contributed by atoms with van der Waals surface area (Å²) < 4.78 is 12.9. The summed E-state index contributed by atoms with van der Waals surface area (Å²) in [7, 11) is 0. The van der Waals surface area contributed by atoms with Gasteiger partial charge in [-0.25, -0.2) is 4.98 Å². The third kappa shape index (κ3) is 3.08. The molecule has 1 aliphatic rings. The van der Waals surface area contributed by atoms with Crippen LogP contribution in [0.3, 0.4) is 0 Å². The number of hydrogen-bond acceptors (Lipinski definition) is 5. The molecule has 7 heteroatoms. The van der Waals surface area contributed by atoms with Crippen molar-refractivity contribution in [3.63, 3.8) is 0 Å². The van der Waals surface area contributed by atoms with Crippen LogP contribution in [-0.2, 0) is 16.9 Å². The van der Waals surface area contributed by atoms with Gasteiger partial charge in [-0.1, -0.05) is 25.6 Å². The topological polar surface area (TPSA) is 79.4 Å². The zero-order valence-electron chi connectivity index (χ0n) is 12.6. The summed E-state index contributed by atoms with van der Waals surface area (Å²) in [5.41, 5.74) is 5.06. The zero-order valence-corrected chi connectivity index (χ0v) is 13.5. The average Bonchev–Trinajstić information content (AvgIpc) is 2.41. The molecule has 1 aromatic rings. The summed E-state index contributed by atoms with van der Waals surface area (Å²) in [5, 5.41) is 0. The maximum atomic E-state index is 12.6. The highest BCUT2D eigenvalue weighted by Gasteiger charge is 2.33. The molecular weight excluding hydrogens is 290 g/mol. The van der Waals surface area contributed by atoms with Gasteiger partial charge in [-0.3, -0.25) is 9.36 Å². The van der Waals surface area contributed by atoms with Crippen molar-refractivity contribution < 1.29 is 9.47 Å². The van der Waals surface area contributed by atoms with Crippen molar-refractivity contribution in [2.45, 2.75) is 45.8 Å². The van der Waals surface area contributed by atoms with E-state index in [4.69, 9.17) is 27.4 Å². The van der Waals surface area contributed by atoms with E-state index in [0.717, 1.165) is 12.8 Å². The first-order valence-corrected chi connectivity index (χ1v) is 7.51. The van der Waals surface area contributed by atoms with Crippen molar-refractivity contribution in [3.05, 3.63) is 21.9 Å². The lowest BCUT2D eigenvalue weighted by atomic mass is 10.1. The first-order valence-electron chi connectivity index (χ1n) is 7.10. The third-order valence-electron chi connectivity index (χ3n) is 3.42. The monoisotopic (exact) mass is 311 g/mol. The van der Waals surface area contributed by atoms with Crippen LogP contribution in [0.1, 0.15) is 45.1 Å². The zero-order chi connectivity index (χ0) is 15.6. The summed E-state index contributed by atoms with van der Waals surface area (Å²) in [5.74, 6) is 0.682. The van der Waals surface area contributed by atoms with Gasteiger partial charge in [0.15, 0.2) is 0 Å². The van der Waals surface area contributed by atoms with Gasteiger partial charge >= 0.3 is 0 Å². The number of hydrogen-bond donors (Lipinski definition) is 1. The summed E-state index contributed by atoms with van der Waals surface area (Å²) in [6, 6.07) is 0. The second-order valence-electron chi connectivity index (χ2n) is 5.49. The molecule has 0 saturated carbocycles. The van der Waals surface area contributed by atoms with E-state index in [0.29, 0.717) is 25.6 Å². The Morgan fingerprint density at radius 1 is 1.57 bits per heavy atom. The Kier molecular flexibility index (Phi) is 4.63. The van der Waals surface area contributed by atoms with E-state index in [9.17, 15) is 4.79 Å². The van der Waals surface area contributed by atoms with Crippen LogP contribution in [-0.4, -0.2) is 27.8 Å². The molecule has 116 valence electrons. The number of nitrogens with two attached hydrogens (primary N) is 1. The van der Waals surface area contributed by atoms with Crippen molar-refractivity contribution >= 4 is 17.2 Å². The van der Waals surface area contributed by atoms with Gasteiger partial charge in [-0.15, -0.1) is 0 Å². The molecule has 21 heavy (non-hydrogen) atoms. The minimum atomic E-state index is -0.654. The van der Waals surface area contributed by atoms with Crippen LogP contribution >= 0.6 is 12.2 Å². The third-order valence-corrected chi connectivity index (χ3v) is 3.62. The Balaban J connectivity index is 2.55. The van der Waals surface area contributed by atoms with E-state index in [1.54, 1.807) is 4.57 Å². The van der Waals surface area contributed by atoms with E-state index in [1.807, 2.05) is 13.8 Å². The molecule has 2 N–H and O–H groups in total. The number of thiocarbonyl (C=S) groups is 1. The summed E-state index contributed by atoms with van der Waals surface area (Å²) in [4.78, 5) is 17.2. The Morgan fingerprint density at radius 3 is 2.90 bits per heavy atom. The van der Waals surface area contributed by atoms with Crippen molar-refractivity contribution in [1.29, 1.82) is 0 Å². The number of unbranched alkanes of at least 4 members (excludes halogenated alkanes) is 1. The Bertz CT molecular complexity index is 610. The molecule has 6 nitrogen and oxygen atoms in total. The lowest BCUT2D eigenvalue weighted by molar-refractivity contribution is -0.0566. The van der Waals surface area contributed by atoms with Crippen LogP contribution in [0.5, 0.6) is 5.75 Å². The van der Waals surface area contributed by atoms with E-state index >= 15 is 0 Å². The van der Waals surface area contributed by atoms with E-state index in [1.165, 1.54) is 0 Å². The largest absolute Gasteiger partial charge is 0.486 e. The normalized spacial score (nSPS) is 16.3. The van der Waals surface area contributed by atoms with Crippen LogP contribution in [0.2, 0.25) is 0 Å². The fourth-order valence-corrected chi connectivity index (χ4v) is 2.41. The number of nitrogens with zero attached hydrogens (tertiary/aromatic N) is 2. The standard InChI is InChI=1S/C14H21N3O3S/c1-4-5-7-19-10-9(11(15)21)16-13-14(2,3)20-8-6-17(13)12(10)18/h4-8H2,1-3H3,(H2,15,21). The van der Waals surface area contributed by atoms with Gasteiger partial charge in [-0.05, 0) is 20.3 Å². The molecule has 2 heterocycles. The molecule has 0 unspecified atom stereocenters. The Morgan fingerprint density at radius 2 is 2.29 bits per heavy atom. The minimum absolute atomic E-state index is 0.0587. The second-order valence-corrected chi connectivity index (χ2v) is 5.93. The van der Waals surface area contributed by atoms with Gasteiger partial charge < -0.3 is 15.2 Å². The molecule has 0 radical (unpaired) electrons. The SMILES string of the molecule is CCCCOc1c(C(N)=S)nc2n(c1=O)CCOC2(C)C. The minimum Gasteiger partial charge on any atom is -0.486 e. The predicted octanol–water partition coefficient (Wildman–Crippen LogP) is 1.32. The predicted molar refractivity (Wildman–Crippen MR) is 83.8 cm³/mol. The molecule has 0 aliphatic carbocycles. The van der Waals surface area contributed by atoms with Crippen LogP contribution in [0.25, 0.3) is 0 Å². The molecule has 0 bridgehead atoms. The average molecular weight is 311 g/mol. The molecular formula is C14H21N3O3S. The van der Waals surface area contributed by atoms with Crippen molar-refractivity contribution in [1.82, 2.24) is 9.55 Å². The van der Waals surface area contributed by atoms with Crippen LogP contribution in [0.15, 0.2) is 4.79 Å². The maximum absolute atomic E-state index is 12.6. The number of ether oxygens (including phenoxy) is 2. The molecule has 0 aromatic carbocycles. The summed E-state index contributed by atoms with van der Waals surface area (Å²) >= 11 is 5.01. The molecule has 0 amide bonds. The molecule has 1 aromatic heterocycles. The number of fused-ring (bicyclic) bond motifs is 1. The van der Waals surface area contributed by atoms with E-state index in [-0.39, 0.29) is 22.0 Å². The summed E-state index contributed by atoms with van der Waals surface area (Å²) in [6.07, 6.45) is 1.83. The van der Waals surface area contributed by atoms with Gasteiger partial charge in [0, 0.05) is 0 Å². The lowest BCUT2D eigenvalue weighted by Gasteiger charge is -2.33. The Hall–Kier alpha value is -1.47. The van der Waals surface area contributed by atoms with Crippen molar-refractivity contribution in [2.75, 3.05) is 13.2 Å². The van der Waals surface area contributed by atoms with Crippen molar-refractivity contribution in [2.24, 2.45) is 5.73 Å². The second kappa shape index (κ2) is 6.11. The lowest BCUT2D eigenvalue weighted by Crippen LogP contribution is -2.42. The van der Waals surface area contributed by atoms with Gasteiger partial charge in [0.1, 0.15) is 22.1 Å². The first kappa shape index (κ1) is 15.9. The van der Waals surface area contributed by atoms with E-state index in [2.05, 4.69) is 11.9 Å². The highest BCUT2D eigenvalue weighted by Crippen LogP contribution is 2.27. The molecule has 2 rings (SSSR count). The smallest absolute Gasteiger partial charge is 0.296 e. The Labute approximate surface area is 129 Å². The maximum Gasteiger partial charge on any atom is 0.296 e. The quantitative estimate of drug-likeness (QED) is 0.652. The summed E-state index contributed by atoms with van der Waals surface area (Å²) in [6.45, 7) is 7.14. The van der Waals surface area contributed by atoms with Crippen LogP contribution in [0.4, 0.5) is 0 Å². The molecule has 0 spiro atoms. The highest BCUT2D eigenvalue weighted by atomic mass is 32.1. The van der Waals surface area contributed by atoms with Gasteiger partial charge in [0.25, 0.3) is 5.56 Å². The van der Waals surface area contributed by atoms with Gasteiger partial charge in [0.2, 0.25) is 5.75 Å². The van der Waals surface area contributed by atoms with Crippen LogP contribution < -0.4 is 16.0 Å². The van der Waals surface area contributed by atoms with Crippen LogP contribution in [0, 0.1) is 0 Å². The van der Waals surface area contributed by atoms with E-state index < -0.39 is 5.60 Å². The van der Waals surface area contributed by atoms with Gasteiger partial charge in [-0.2, -0.15) is 0 Å². The molecule has 0 fully saturated rings. The molecule has 0 atom stereocenters. The number of rotatable bonds is 5. The molecule has 0 saturated heterocycles.